The summed E-state index contributed by atoms with van der Waals surface area (Å²) in [6.45, 7) is 4.71. The van der Waals surface area contributed by atoms with Gasteiger partial charge in [0.25, 0.3) is 0 Å². The molecule has 1 unspecified atom stereocenters. The summed E-state index contributed by atoms with van der Waals surface area (Å²) in [5, 5.41) is 0. The first-order valence-electron chi connectivity index (χ1n) is 10.3. The van der Waals surface area contributed by atoms with Crippen LogP contribution in [0.1, 0.15) is 18.9 Å². The first-order chi connectivity index (χ1) is 14.5. The lowest BCUT2D eigenvalue weighted by Gasteiger charge is -2.32. The van der Waals surface area contributed by atoms with Crippen LogP contribution in [-0.2, 0) is 16.1 Å². The minimum atomic E-state index is -0.417. The first kappa shape index (κ1) is 21.6. The Balaban J connectivity index is 1.60. The largest absolute Gasteiger partial charge is 0.486 e. The summed E-state index contributed by atoms with van der Waals surface area (Å²) in [6, 6.07) is 17.3. The van der Waals surface area contributed by atoms with Crippen molar-refractivity contribution < 1.29 is 19.1 Å². The van der Waals surface area contributed by atoms with Crippen molar-refractivity contribution in [1.29, 1.82) is 0 Å². The molecule has 1 aliphatic heterocycles. The Kier molecular flexibility index (Phi) is 7.68. The fourth-order valence-electron chi connectivity index (χ4n) is 3.38. The summed E-state index contributed by atoms with van der Waals surface area (Å²) < 4.78 is 11.8. The van der Waals surface area contributed by atoms with Crippen LogP contribution in [0.2, 0.25) is 0 Å². The number of para-hydroxylation sites is 2. The number of rotatable bonds is 10. The maximum Gasteiger partial charge on any atom is 0.237 e. The number of carbonyl (C=O) groups is 2. The quantitative estimate of drug-likeness (QED) is 0.647. The second kappa shape index (κ2) is 10.6. The van der Waals surface area contributed by atoms with Gasteiger partial charge in [-0.3, -0.25) is 14.5 Å². The number of nitrogens with two attached hydrogens (primary N) is 1. The maximum atomic E-state index is 13.0. The number of fused-ring (bicyclic) bond motifs is 1. The lowest BCUT2D eigenvalue weighted by Crippen LogP contribution is -2.46. The van der Waals surface area contributed by atoms with E-state index in [0.717, 1.165) is 17.1 Å². The molecule has 30 heavy (non-hydrogen) atoms. The van der Waals surface area contributed by atoms with Gasteiger partial charge in [-0.2, -0.15) is 0 Å². The number of carbonyl (C=O) groups excluding carboxylic acids is 2. The van der Waals surface area contributed by atoms with Crippen LogP contribution in [-0.4, -0.2) is 60.5 Å². The normalized spacial score (nSPS) is 15.1. The number of benzene rings is 2. The number of primary amides is 1. The number of hydrogen-bond acceptors (Lipinski definition) is 5. The average molecular weight is 412 g/mol. The van der Waals surface area contributed by atoms with Gasteiger partial charge in [0.1, 0.15) is 12.7 Å². The molecular formula is C23H29N3O4. The Morgan fingerprint density at radius 1 is 1.07 bits per heavy atom. The predicted octanol–water partition coefficient (Wildman–Crippen LogP) is 2.05. The Morgan fingerprint density at radius 3 is 2.47 bits per heavy atom. The Labute approximate surface area is 177 Å². The zero-order chi connectivity index (χ0) is 21.3. The van der Waals surface area contributed by atoms with Crippen molar-refractivity contribution in [2.24, 2.45) is 5.73 Å². The molecule has 0 bridgehead atoms. The molecule has 0 saturated heterocycles. The van der Waals surface area contributed by atoms with Crippen LogP contribution in [0.5, 0.6) is 11.5 Å². The molecule has 7 nitrogen and oxygen atoms in total. The molecule has 0 fully saturated rings. The van der Waals surface area contributed by atoms with Crippen molar-refractivity contribution in [3.8, 4) is 11.5 Å². The molecule has 2 amide bonds. The fourth-order valence-corrected chi connectivity index (χ4v) is 3.38. The monoisotopic (exact) mass is 411 g/mol. The molecule has 2 N–H and O–H groups in total. The molecule has 1 atom stereocenters. The molecule has 3 rings (SSSR count). The zero-order valence-electron chi connectivity index (χ0n) is 17.3. The third-order valence-electron chi connectivity index (χ3n) is 5.03. The molecule has 1 heterocycles. The highest BCUT2D eigenvalue weighted by atomic mass is 16.6. The van der Waals surface area contributed by atoms with Gasteiger partial charge >= 0.3 is 0 Å². The van der Waals surface area contributed by atoms with Crippen LogP contribution in [0.3, 0.4) is 0 Å². The van der Waals surface area contributed by atoms with Crippen LogP contribution >= 0.6 is 0 Å². The van der Waals surface area contributed by atoms with Gasteiger partial charge in [0.15, 0.2) is 11.5 Å². The number of ether oxygens (including phenoxy) is 2. The summed E-state index contributed by atoms with van der Waals surface area (Å²) in [7, 11) is 0. The van der Waals surface area contributed by atoms with E-state index in [1.165, 1.54) is 0 Å². The van der Waals surface area contributed by atoms with E-state index in [2.05, 4.69) is 0 Å². The standard InChI is InChI=1S/C23H29N3O4/c1-2-25(15-19-17-29-20-10-6-7-11-21(20)30-19)16-23(28)26(13-12-22(24)27)14-18-8-4-3-5-9-18/h3-11,19H,2,12-17H2,1H3,(H2,24,27). The molecule has 160 valence electrons. The fraction of sp³-hybridized carbons (Fsp3) is 0.391. The topological polar surface area (TPSA) is 85.1 Å². The number of amides is 2. The van der Waals surface area contributed by atoms with Gasteiger partial charge in [-0.05, 0) is 24.2 Å². The molecular weight excluding hydrogens is 382 g/mol. The van der Waals surface area contributed by atoms with Crippen molar-refractivity contribution in [2.75, 3.05) is 32.8 Å². The van der Waals surface area contributed by atoms with Crippen molar-refractivity contribution in [3.05, 3.63) is 60.2 Å². The van der Waals surface area contributed by atoms with E-state index in [4.69, 9.17) is 15.2 Å². The maximum absolute atomic E-state index is 13.0. The van der Waals surface area contributed by atoms with Crippen molar-refractivity contribution >= 4 is 11.8 Å². The number of likely N-dealkylation sites (N-methyl/N-ethyl adjacent to an activating group) is 1. The smallest absolute Gasteiger partial charge is 0.237 e. The summed E-state index contributed by atoms with van der Waals surface area (Å²) in [5.41, 5.74) is 6.32. The number of hydrogen-bond donors (Lipinski definition) is 1. The molecule has 0 aliphatic carbocycles. The molecule has 0 saturated carbocycles. The SMILES string of the molecule is CCN(CC(=O)N(CCC(N)=O)Cc1ccccc1)CC1COc2ccccc2O1. The lowest BCUT2D eigenvalue weighted by atomic mass is 10.2. The van der Waals surface area contributed by atoms with E-state index in [9.17, 15) is 9.59 Å². The molecule has 0 aromatic heterocycles. The summed E-state index contributed by atoms with van der Waals surface area (Å²) in [4.78, 5) is 28.0. The van der Waals surface area contributed by atoms with E-state index < -0.39 is 5.91 Å². The van der Waals surface area contributed by atoms with Gasteiger partial charge in [-0.1, -0.05) is 49.4 Å². The van der Waals surface area contributed by atoms with Gasteiger partial charge in [-0.15, -0.1) is 0 Å². The van der Waals surface area contributed by atoms with E-state index in [1.54, 1.807) is 4.90 Å². The lowest BCUT2D eigenvalue weighted by molar-refractivity contribution is -0.133. The van der Waals surface area contributed by atoms with Crippen molar-refractivity contribution in [1.82, 2.24) is 9.80 Å². The van der Waals surface area contributed by atoms with Crippen LogP contribution in [0, 0.1) is 0 Å². The Bertz CT molecular complexity index is 843. The molecule has 2 aromatic carbocycles. The molecule has 0 radical (unpaired) electrons. The molecule has 2 aromatic rings. The van der Waals surface area contributed by atoms with E-state index in [0.29, 0.717) is 32.8 Å². The van der Waals surface area contributed by atoms with Gasteiger partial charge in [-0.25, -0.2) is 0 Å². The van der Waals surface area contributed by atoms with Gasteiger partial charge in [0.2, 0.25) is 11.8 Å². The summed E-state index contributed by atoms with van der Waals surface area (Å²) in [6.07, 6.45) is -0.0121. The second-order valence-corrected chi connectivity index (χ2v) is 7.34. The summed E-state index contributed by atoms with van der Waals surface area (Å²) in [5.74, 6) is 1.01. The predicted molar refractivity (Wildman–Crippen MR) is 114 cm³/mol. The van der Waals surface area contributed by atoms with Crippen LogP contribution in [0.25, 0.3) is 0 Å². The molecule has 7 heteroatoms. The average Bonchev–Trinajstić information content (AvgIpc) is 2.76. The Morgan fingerprint density at radius 2 is 1.77 bits per heavy atom. The highest BCUT2D eigenvalue weighted by Gasteiger charge is 2.25. The highest BCUT2D eigenvalue weighted by Crippen LogP contribution is 2.31. The third kappa shape index (κ3) is 6.22. The van der Waals surface area contributed by atoms with Crippen LogP contribution in [0.15, 0.2) is 54.6 Å². The summed E-state index contributed by atoms with van der Waals surface area (Å²) >= 11 is 0. The zero-order valence-corrected chi connectivity index (χ0v) is 17.3. The Hall–Kier alpha value is -3.06. The molecule has 0 spiro atoms. The number of nitrogens with zero attached hydrogens (tertiary/aromatic N) is 2. The minimum absolute atomic E-state index is 0.0425. The van der Waals surface area contributed by atoms with Crippen molar-refractivity contribution in [2.45, 2.75) is 26.0 Å². The van der Waals surface area contributed by atoms with Gasteiger partial charge in [0.05, 0.1) is 6.54 Å². The van der Waals surface area contributed by atoms with Gasteiger partial charge < -0.3 is 20.1 Å². The van der Waals surface area contributed by atoms with Crippen LogP contribution < -0.4 is 15.2 Å². The minimum Gasteiger partial charge on any atom is -0.486 e. The second-order valence-electron chi connectivity index (χ2n) is 7.34. The van der Waals surface area contributed by atoms with Crippen LogP contribution in [0.4, 0.5) is 0 Å². The van der Waals surface area contributed by atoms with Gasteiger partial charge in [0, 0.05) is 26.1 Å². The molecule has 1 aliphatic rings. The van der Waals surface area contributed by atoms with E-state index in [1.807, 2.05) is 66.4 Å². The third-order valence-corrected chi connectivity index (χ3v) is 5.03. The van der Waals surface area contributed by atoms with E-state index >= 15 is 0 Å². The van der Waals surface area contributed by atoms with Crippen molar-refractivity contribution in [3.63, 3.8) is 0 Å². The highest BCUT2D eigenvalue weighted by molar-refractivity contribution is 5.79. The first-order valence-corrected chi connectivity index (χ1v) is 10.3. The van der Waals surface area contributed by atoms with E-state index in [-0.39, 0.29) is 25.0 Å².